The summed E-state index contributed by atoms with van der Waals surface area (Å²) in [4.78, 5) is 1.48. The zero-order chi connectivity index (χ0) is 11.7. The number of rotatable bonds is 2. The van der Waals surface area contributed by atoms with Crippen LogP contribution < -0.4 is 0 Å². The fourth-order valence-electron chi connectivity index (χ4n) is 2.97. The third kappa shape index (κ3) is 1.32. The molecule has 0 aromatic heterocycles. The van der Waals surface area contributed by atoms with Gasteiger partial charge in [0.15, 0.2) is 0 Å². The third-order valence-corrected chi connectivity index (χ3v) is 7.86. The van der Waals surface area contributed by atoms with Crippen molar-refractivity contribution in [3.8, 4) is 5.75 Å². The van der Waals surface area contributed by atoms with E-state index in [2.05, 4.69) is 24.6 Å². The van der Waals surface area contributed by atoms with Crippen LogP contribution in [-0.2, 0) is 0 Å². The minimum Gasteiger partial charge on any atom is -0.507 e. The number of benzene rings is 1. The number of hydrogen-bond acceptors (Lipinski definition) is 1. The monoisotopic (exact) mass is 236 g/mol. The second-order valence-electron chi connectivity index (χ2n) is 5.84. The minimum atomic E-state index is -0.638. The summed E-state index contributed by atoms with van der Waals surface area (Å²) in [5.74, 6) is 2.58. The van der Waals surface area contributed by atoms with Crippen LogP contribution in [0.2, 0.25) is 0 Å². The Hall–Kier alpha value is -0.630. The van der Waals surface area contributed by atoms with E-state index in [1.807, 2.05) is 13.8 Å². The molecule has 2 unspecified atom stereocenters. The van der Waals surface area contributed by atoms with Crippen molar-refractivity contribution in [2.24, 2.45) is 11.8 Å². The lowest BCUT2D eigenvalue weighted by Crippen LogP contribution is -2.10. The molecular weight excluding hydrogens is 216 g/mol. The zero-order valence-corrected chi connectivity index (χ0v) is 11.3. The van der Waals surface area contributed by atoms with Crippen molar-refractivity contribution in [2.75, 3.05) is 12.5 Å². The van der Waals surface area contributed by atoms with Gasteiger partial charge in [-0.05, 0) is 78.0 Å². The maximum absolute atomic E-state index is 9.82. The van der Waals surface area contributed by atoms with Crippen LogP contribution in [0.25, 0.3) is 0 Å². The number of hydrogen-bond donors (Lipinski definition) is 1. The van der Waals surface area contributed by atoms with Gasteiger partial charge in [-0.25, -0.2) is 10.0 Å². The maximum atomic E-state index is 9.82. The summed E-state index contributed by atoms with van der Waals surface area (Å²) in [6.07, 6.45) is 6.36. The molecule has 0 radical (unpaired) electrons. The largest absolute Gasteiger partial charge is 0.507 e. The number of phenols is 1. The van der Waals surface area contributed by atoms with Gasteiger partial charge in [0.25, 0.3) is 0 Å². The molecule has 2 atom stereocenters. The first-order valence-electron chi connectivity index (χ1n) is 5.95. The first-order chi connectivity index (χ1) is 7.43. The SMILES string of the molecule is Cc1cc(S(C)(C)C2C3CC32)cc(C)c1O. The molecule has 3 rings (SSSR count). The van der Waals surface area contributed by atoms with Crippen LogP contribution in [0, 0.1) is 25.7 Å². The maximum Gasteiger partial charge on any atom is 0.121 e. The molecule has 0 aliphatic heterocycles. The molecular formula is C14H20OS. The van der Waals surface area contributed by atoms with Gasteiger partial charge in [-0.15, -0.1) is 0 Å². The molecule has 2 aliphatic carbocycles. The fraction of sp³-hybridized carbons (Fsp3) is 0.571. The van der Waals surface area contributed by atoms with E-state index in [0.29, 0.717) is 5.75 Å². The van der Waals surface area contributed by atoms with Gasteiger partial charge < -0.3 is 5.11 Å². The summed E-state index contributed by atoms with van der Waals surface area (Å²) >= 11 is 0. The van der Waals surface area contributed by atoms with E-state index in [0.717, 1.165) is 28.2 Å². The average molecular weight is 236 g/mol. The highest BCUT2D eigenvalue weighted by Crippen LogP contribution is 2.79. The molecule has 0 spiro atoms. The van der Waals surface area contributed by atoms with E-state index in [4.69, 9.17) is 0 Å². The fourth-order valence-corrected chi connectivity index (χ4v) is 6.53. The quantitative estimate of drug-likeness (QED) is 0.834. The standard InChI is InChI=1S/C14H20OS/c1-8-5-10(6-9(2)13(8)15)16(3,4)14-11-7-12(11)14/h5-6,11-12,14-15H,7H2,1-4H3. The normalized spacial score (nSPS) is 32.1. The van der Waals surface area contributed by atoms with Gasteiger partial charge in [0, 0.05) is 0 Å². The van der Waals surface area contributed by atoms with E-state index in [-0.39, 0.29) is 0 Å². The second-order valence-corrected chi connectivity index (χ2v) is 9.67. The summed E-state index contributed by atoms with van der Waals surface area (Å²) < 4.78 is 0. The summed E-state index contributed by atoms with van der Waals surface area (Å²) in [5, 5.41) is 10.8. The molecule has 88 valence electrons. The highest BCUT2D eigenvalue weighted by atomic mass is 32.3. The predicted octanol–water partition coefficient (Wildman–Crippen LogP) is 3.45. The van der Waals surface area contributed by atoms with Crippen LogP contribution in [-0.4, -0.2) is 22.9 Å². The lowest BCUT2D eigenvalue weighted by atomic mass is 10.1. The Morgan fingerprint density at radius 3 is 2.00 bits per heavy atom. The van der Waals surface area contributed by atoms with Gasteiger partial charge in [0.2, 0.25) is 0 Å². The molecule has 0 bridgehead atoms. The van der Waals surface area contributed by atoms with Gasteiger partial charge in [-0.2, -0.15) is 0 Å². The van der Waals surface area contributed by atoms with Crippen LogP contribution in [0.15, 0.2) is 17.0 Å². The van der Waals surface area contributed by atoms with E-state index < -0.39 is 10.0 Å². The molecule has 2 heteroatoms. The first-order valence-corrected chi connectivity index (χ1v) is 8.46. The van der Waals surface area contributed by atoms with E-state index >= 15 is 0 Å². The Labute approximate surface area is 99.2 Å². The summed E-state index contributed by atoms with van der Waals surface area (Å²) in [6.45, 7) is 4.02. The van der Waals surface area contributed by atoms with Gasteiger partial charge >= 0.3 is 0 Å². The second kappa shape index (κ2) is 2.98. The van der Waals surface area contributed by atoms with Crippen LogP contribution in [0.1, 0.15) is 17.5 Å². The highest BCUT2D eigenvalue weighted by Gasteiger charge is 2.68. The smallest absolute Gasteiger partial charge is 0.121 e. The van der Waals surface area contributed by atoms with Crippen molar-refractivity contribution < 1.29 is 5.11 Å². The van der Waals surface area contributed by atoms with Crippen molar-refractivity contribution in [2.45, 2.75) is 30.4 Å². The molecule has 2 saturated carbocycles. The van der Waals surface area contributed by atoms with Crippen molar-refractivity contribution in [1.29, 1.82) is 0 Å². The van der Waals surface area contributed by atoms with Crippen LogP contribution in [0.5, 0.6) is 5.75 Å². The molecule has 0 saturated heterocycles. The molecule has 1 aromatic rings. The Kier molecular flexibility index (Phi) is 1.96. The first kappa shape index (κ1) is 10.5. The Morgan fingerprint density at radius 2 is 1.62 bits per heavy atom. The third-order valence-electron chi connectivity index (χ3n) is 4.35. The number of fused-ring (bicyclic) bond motifs is 1. The Bertz CT molecular complexity index is 433. The molecule has 1 nitrogen and oxygen atoms in total. The van der Waals surface area contributed by atoms with Crippen molar-refractivity contribution >= 4 is 10.0 Å². The lowest BCUT2D eigenvalue weighted by Gasteiger charge is -2.35. The van der Waals surface area contributed by atoms with Crippen molar-refractivity contribution in [3.63, 3.8) is 0 Å². The van der Waals surface area contributed by atoms with E-state index in [1.54, 1.807) is 0 Å². The predicted molar refractivity (Wildman–Crippen MR) is 70.7 cm³/mol. The van der Waals surface area contributed by atoms with E-state index in [9.17, 15) is 5.11 Å². The van der Waals surface area contributed by atoms with Crippen LogP contribution >= 0.6 is 10.0 Å². The summed E-state index contributed by atoms with van der Waals surface area (Å²) in [5.41, 5.74) is 2.06. The van der Waals surface area contributed by atoms with Crippen molar-refractivity contribution in [1.82, 2.24) is 0 Å². The van der Waals surface area contributed by atoms with E-state index in [1.165, 1.54) is 11.3 Å². The minimum absolute atomic E-state index is 0.472. The van der Waals surface area contributed by atoms with Gasteiger partial charge in [0.05, 0.1) is 0 Å². The average Bonchev–Trinajstić information content (AvgIpc) is 3.00. The zero-order valence-electron chi connectivity index (χ0n) is 10.4. The van der Waals surface area contributed by atoms with Crippen molar-refractivity contribution in [3.05, 3.63) is 23.3 Å². The number of phenolic OH excluding ortho intramolecular Hbond substituents is 1. The molecule has 1 N–H and O–H groups in total. The lowest BCUT2D eigenvalue weighted by molar-refractivity contribution is 0.466. The molecule has 2 fully saturated rings. The highest BCUT2D eigenvalue weighted by molar-refractivity contribution is 8.33. The Balaban J connectivity index is 1.99. The molecule has 2 aliphatic rings. The van der Waals surface area contributed by atoms with Gasteiger partial charge in [0.1, 0.15) is 5.75 Å². The molecule has 16 heavy (non-hydrogen) atoms. The van der Waals surface area contributed by atoms with Crippen LogP contribution in [0.4, 0.5) is 0 Å². The summed E-state index contributed by atoms with van der Waals surface area (Å²) in [7, 11) is -0.638. The molecule has 0 heterocycles. The number of aryl methyl sites for hydroxylation is 2. The van der Waals surface area contributed by atoms with Gasteiger partial charge in [-0.3, -0.25) is 0 Å². The molecule has 1 aromatic carbocycles. The number of aromatic hydroxyl groups is 1. The Morgan fingerprint density at radius 1 is 1.12 bits per heavy atom. The van der Waals surface area contributed by atoms with Gasteiger partial charge in [-0.1, -0.05) is 0 Å². The van der Waals surface area contributed by atoms with Crippen LogP contribution in [0.3, 0.4) is 0 Å². The molecule has 0 amide bonds. The topological polar surface area (TPSA) is 20.2 Å². The summed E-state index contributed by atoms with van der Waals surface area (Å²) in [6, 6.07) is 4.41.